The molecular weight excluding hydrogens is 316 g/mol. The Kier molecular flexibility index (Phi) is 6.41. The van der Waals surface area contributed by atoms with E-state index in [0.29, 0.717) is 17.9 Å². The van der Waals surface area contributed by atoms with Crippen LogP contribution in [0, 0.1) is 11.3 Å². The van der Waals surface area contributed by atoms with Crippen molar-refractivity contribution in [2.24, 2.45) is 0 Å². The molecule has 130 valence electrons. The Morgan fingerprint density at radius 3 is 2.20 bits per heavy atom. The summed E-state index contributed by atoms with van der Waals surface area (Å²) in [5.41, 5.74) is 1.58. The summed E-state index contributed by atoms with van der Waals surface area (Å²) in [5, 5.41) is 8.86. The van der Waals surface area contributed by atoms with E-state index in [2.05, 4.69) is 6.07 Å². The molecule has 0 aliphatic heterocycles. The number of nitrogens with zero attached hydrogens (tertiary/aromatic N) is 2. The van der Waals surface area contributed by atoms with Crippen LogP contribution in [0.15, 0.2) is 48.5 Å². The number of amides is 1. The van der Waals surface area contributed by atoms with E-state index in [-0.39, 0.29) is 18.6 Å². The molecule has 1 amide bonds. The number of ether oxygens (including phenoxy) is 2. The molecule has 0 bridgehead atoms. The minimum absolute atomic E-state index is 0.0270. The number of hydrogen-bond donors (Lipinski definition) is 0. The topological polar surface area (TPSA) is 62.6 Å². The Balaban J connectivity index is 1.97. The summed E-state index contributed by atoms with van der Waals surface area (Å²) in [5.74, 6) is 1.27. The maximum atomic E-state index is 12.5. The highest BCUT2D eigenvalue weighted by Gasteiger charge is 2.18. The van der Waals surface area contributed by atoms with Crippen LogP contribution in [-0.2, 0) is 11.3 Å². The Labute approximate surface area is 148 Å². The lowest BCUT2D eigenvalue weighted by atomic mass is 10.1. The molecule has 0 heterocycles. The van der Waals surface area contributed by atoms with Gasteiger partial charge in [-0.1, -0.05) is 12.1 Å². The van der Waals surface area contributed by atoms with Gasteiger partial charge in [-0.05, 0) is 55.8 Å². The van der Waals surface area contributed by atoms with E-state index in [1.807, 2.05) is 26.0 Å². The molecular formula is C20H22N2O3. The van der Waals surface area contributed by atoms with Crippen LogP contribution in [0.4, 0.5) is 0 Å². The zero-order valence-corrected chi connectivity index (χ0v) is 14.7. The fourth-order valence-electron chi connectivity index (χ4n) is 2.34. The lowest BCUT2D eigenvalue weighted by molar-refractivity contribution is -0.135. The molecule has 25 heavy (non-hydrogen) atoms. The smallest absolute Gasteiger partial charge is 0.261 e. The summed E-state index contributed by atoms with van der Waals surface area (Å²) in [6.45, 7) is 4.39. The highest BCUT2D eigenvalue weighted by atomic mass is 16.5. The van der Waals surface area contributed by atoms with Gasteiger partial charge in [0.05, 0.1) is 18.7 Å². The highest BCUT2D eigenvalue weighted by Crippen LogP contribution is 2.17. The molecule has 0 aliphatic rings. The van der Waals surface area contributed by atoms with Crippen LogP contribution in [0.3, 0.4) is 0 Å². The molecule has 0 radical (unpaired) electrons. The third kappa shape index (κ3) is 5.25. The average molecular weight is 338 g/mol. The molecule has 0 unspecified atom stereocenters. The summed E-state index contributed by atoms with van der Waals surface area (Å²) in [7, 11) is 1.60. The van der Waals surface area contributed by atoms with Crippen LogP contribution in [0.1, 0.15) is 25.0 Å². The normalized spacial score (nSPS) is 10.2. The number of carbonyl (C=O) groups excluding carboxylic acids is 1. The van der Waals surface area contributed by atoms with Gasteiger partial charge in [-0.3, -0.25) is 4.79 Å². The van der Waals surface area contributed by atoms with E-state index in [1.54, 1.807) is 48.4 Å². The number of rotatable bonds is 7. The van der Waals surface area contributed by atoms with Gasteiger partial charge >= 0.3 is 0 Å². The van der Waals surface area contributed by atoms with Gasteiger partial charge in [0.25, 0.3) is 5.91 Å². The fourth-order valence-corrected chi connectivity index (χ4v) is 2.34. The molecule has 2 aromatic carbocycles. The molecule has 0 atom stereocenters. The third-order valence-electron chi connectivity index (χ3n) is 3.80. The van der Waals surface area contributed by atoms with Gasteiger partial charge in [0.2, 0.25) is 0 Å². The van der Waals surface area contributed by atoms with Gasteiger partial charge in [-0.2, -0.15) is 5.26 Å². The summed E-state index contributed by atoms with van der Waals surface area (Å²) >= 11 is 0. The van der Waals surface area contributed by atoms with Gasteiger partial charge in [-0.25, -0.2) is 0 Å². The number of nitriles is 1. The summed E-state index contributed by atoms with van der Waals surface area (Å²) < 4.78 is 10.7. The molecule has 0 N–H and O–H groups in total. The van der Waals surface area contributed by atoms with Crippen LogP contribution < -0.4 is 9.47 Å². The number of benzene rings is 2. The first kappa shape index (κ1) is 18.3. The van der Waals surface area contributed by atoms with Crippen molar-refractivity contribution in [3.8, 4) is 17.6 Å². The predicted octanol–water partition coefficient (Wildman–Crippen LogP) is 3.38. The maximum absolute atomic E-state index is 12.5. The third-order valence-corrected chi connectivity index (χ3v) is 3.80. The number of carbonyl (C=O) groups is 1. The Morgan fingerprint density at radius 2 is 1.68 bits per heavy atom. The van der Waals surface area contributed by atoms with E-state index < -0.39 is 0 Å². The molecule has 0 fully saturated rings. The van der Waals surface area contributed by atoms with E-state index in [1.165, 1.54) is 0 Å². The molecule has 0 saturated carbocycles. The van der Waals surface area contributed by atoms with Crippen LogP contribution in [0.2, 0.25) is 0 Å². The van der Waals surface area contributed by atoms with E-state index in [0.717, 1.165) is 11.3 Å². The summed E-state index contributed by atoms with van der Waals surface area (Å²) in [6, 6.07) is 16.5. The van der Waals surface area contributed by atoms with Crippen molar-refractivity contribution in [1.29, 1.82) is 5.26 Å². The Bertz CT molecular complexity index is 731. The van der Waals surface area contributed by atoms with Crippen LogP contribution in [0.5, 0.6) is 11.5 Å². The van der Waals surface area contributed by atoms with Gasteiger partial charge in [-0.15, -0.1) is 0 Å². The quantitative estimate of drug-likeness (QED) is 0.776. The SMILES string of the molecule is COc1ccc(OCC(=O)N(Cc2ccc(C#N)cc2)C(C)C)cc1. The first-order valence-corrected chi connectivity index (χ1v) is 8.09. The maximum Gasteiger partial charge on any atom is 0.261 e. The Morgan fingerprint density at radius 1 is 1.08 bits per heavy atom. The van der Waals surface area contributed by atoms with Crippen molar-refractivity contribution in [2.75, 3.05) is 13.7 Å². The first-order chi connectivity index (χ1) is 12.0. The second-order valence-electron chi connectivity index (χ2n) is 5.89. The molecule has 2 rings (SSSR count). The van der Waals surface area contributed by atoms with Crippen molar-refractivity contribution < 1.29 is 14.3 Å². The second-order valence-corrected chi connectivity index (χ2v) is 5.89. The summed E-state index contributed by atoms with van der Waals surface area (Å²) in [6.07, 6.45) is 0. The van der Waals surface area contributed by atoms with Crippen molar-refractivity contribution in [1.82, 2.24) is 4.90 Å². The minimum atomic E-state index is -0.0878. The van der Waals surface area contributed by atoms with E-state index in [4.69, 9.17) is 14.7 Å². The fraction of sp³-hybridized carbons (Fsp3) is 0.300. The molecule has 0 saturated heterocycles. The van der Waals surface area contributed by atoms with Crippen LogP contribution in [-0.4, -0.2) is 30.6 Å². The largest absolute Gasteiger partial charge is 0.497 e. The van der Waals surface area contributed by atoms with Crippen LogP contribution in [0.25, 0.3) is 0 Å². The van der Waals surface area contributed by atoms with Gasteiger partial charge in [0.1, 0.15) is 11.5 Å². The zero-order valence-electron chi connectivity index (χ0n) is 14.7. The molecule has 0 aromatic heterocycles. The number of methoxy groups -OCH3 is 1. The van der Waals surface area contributed by atoms with Crippen molar-refractivity contribution in [2.45, 2.75) is 26.4 Å². The molecule has 5 heteroatoms. The monoisotopic (exact) mass is 338 g/mol. The van der Waals surface area contributed by atoms with Gasteiger partial charge in [0, 0.05) is 12.6 Å². The van der Waals surface area contributed by atoms with Crippen LogP contribution >= 0.6 is 0 Å². The van der Waals surface area contributed by atoms with E-state index >= 15 is 0 Å². The molecule has 0 spiro atoms. The standard InChI is InChI=1S/C20H22N2O3/c1-15(2)22(13-17-6-4-16(12-21)5-7-17)20(23)14-25-19-10-8-18(24-3)9-11-19/h4-11,15H,13-14H2,1-3H3. The van der Waals surface area contributed by atoms with Crippen molar-refractivity contribution >= 4 is 5.91 Å². The highest BCUT2D eigenvalue weighted by molar-refractivity contribution is 5.78. The first-order valence-electron chi connectivity index (χ1n) is 8.09. The summed E-state index contributed by atoms with van der Waals surface area (Å²) in [4.78, 5) is 14.3. The van der Waals surface area contributed by atoms with Gasteiger partial charge < -0.3 is 14.4 Å². The number of hydrogen-bond acceptors (Lipinski definition) is 4. The van der Waals surface area contributed by atoms with Gasteiger partial charge in [0.15, 0.2) is 6.61 Å². The second kappa shape index (κ2) is 8.74. The lowest BCUT2D eigenvalue weighted by Crippen LogP contribution is -2.39. The molecule has 0 aliphatic carbocycles. The van der Waals surface area contributed by atoms with E-state index in [9.17, 15) is 4.79 Å². The predicted molar refractivity (Wildman–Crippen MR) is 95.3 cm³/mol. The van der Waals surface area contributed by atoms with Crippen molar-refractivity contribution in [3.63, 3.8) is 0 Å². The lowest BCUT2D eigenvalue weighted by Gasteiger charge is -2.27. The zero-order chi connectivity index (χ0) is 18.2. The molecule has 2 aromatic rings. The average Bonchev–Trinajstić information content (AvgIpc) is 2.64. The Hall–Kier alpha value is -3.00. The van der Waals surface area contributed by atoms with Crippen molar-refractivity contribution in [3.05, 3.63) is 59.7 Å². The molecule has 5 nitrogen and oxygen atoms in total. The minimum Gasteiger partial charge on any atom is -0.497 e.